The highest BCUT2D eigenvalue weighted by atomic mass is 16.6. The fourth-order valence-corrected chi connectivity index (χ4v) is 4.03. The average Bonchev–Trinajstić information content (AvgIpc) is 3.10. The number of hydrogen-bond acceptors (Lipinski definition) is 4. The number of carbonyl (C=O) groups is 1. The molecule has 28 heavy (non-hydrogen) atoms. The van der Waals surface area contributed by atoms with Crippen molar-refractivity contribution in [3.63, 3.8) is 0 Å². The summed E-state index contributed by atoms with van der Waals surface area (Å²) in [7, 11) is 0. The van der Waals surface area contributed by atoms with Crippen LogP contribution in [-0.4, -0.2) is 79.3 Å². The number of nitrogens with one attached hydrogen (secondary N) is 2. The first kappa shape index (κ1) is 22.8. The monoisotopic (exact) mass is 395 g/mol. The van der Waals surface area contributed by atoms with E-state index in [1.165, 1.54) is 19.4 Å². The van der Waals surface area contributed by atoms with E-state index >= 15 is 0 Å². The average molecular weight is 396 g/mol. The van der Waals surface area contributed by atoms with E-state index in [0.717, 1.165) is 58.1 Å². The number of ether oxygens (including phenoxy) is 1. The summed E-state index contributed by atoms with van der Waals surface area (Å²) in [6.45, 7) is 16.4. The quantitative estimate of drug-likeness (QED) is 0.535. The van der Waals surface area contributed by atoms with Gasteiger partial charge in [0.05, 0.1) is 0 Å². The zero-order valence-corrected chi connectivity index (χ0v) is 18.6. The molecule has 0 aliphatic carbocycles. The first-order valence-electron chi connectivity index (χ1n) is 11.1. The molecule has 0 saturated carbocycles. The number of hydrogen-bond donors (Lipinski definition) is 2. The molecule has 2 unspecified atom stereocenters. The maximum Gasteiger partial charge on any atom is 0.410 e. The Kier molecular flexibility index (Phi) is 8.86. The highest BCUT2D eigenvalue weighted by Gasteiger charge is 2.27. The molecule has 162 valence electrons. The van der Waals surface area contributed by atoms with Gasteiger partial charge in [0.25, 0.3) is 0 Å². The number of likely N-dealkylation sites (tertiary alicyclic amines) is 2. The minimum absolute atomic E-state index is 0.202. The molecule has 7 heteroatoms. The van der Waals surface area contributed by atoms with Crippen molar-refractivity contribution in [2.45, 2.75) is 71.9 Å². The molecule has 2 aliphatic heterocycles. The number of piperidine rings is 1. The molecule has 0 aromatic rings. The SMILES string of the molecule is CCNC(=NCC1CCCN(C(=O)OC(C)(C)C)C1)NCC1CCCN1CC. The highest BCUT2D eigenvalue weighted by Crippen LogP contribution is 2.20. The van der Waals surface area contributed by atoms with E-state index < -0.39 is 5.60 Å². The Morgan fingerprint density at radius 3 is 2.57 bits per heavy atom. The van der Waals surface area contributed by atoms with E-state index in [2.05, 4.69) is 29.4 Å². The van der Waals surface area contributed by atoms with E-state index in [0.29, 0.717) is 12.0 Å². The van der Waals surface area contributed by atoms with Crippen LogP contribution in [0.2, 0.25) is 0 Å². The van der Waals surface area contributed by atoms with Gasteiger partial charge in [-0.3, -0.25) is 9.89 Å². The number of amides is 1. The molecule has 1 amide bonds. The zero-order valence-electron chi connectivity index (χ0n) is 18.6. The predicted octanol–water partition coefficient (Wildman–Crippen LogP) is 2.67. The molecule has 7 nitrogen and oxygen atoms in total. The summed E-state index contributed by atoms with van der Waals surface area (Å²) in [4.78, 5) is 21.5. The fourth-order valence-electron chi connectivity index (χ4n) is 4.03. The van der Waals surface area contributed by atoms with Gasteiger partial charge in [0.1, 0.15) is 5.60 Å². The van der Waals surface area contributed by atoms with Crippen LogP contribution >= 0.6 is 0 Å². The largest absolute Gasteiger partial charge is 0.444 e. The Labute approximate surface area is 171 Å². The molecule has 2 heterocycles. The van der Waals surface area contributed by atoms with E-state index in [1.54, 1.807) is 0 Å². The third-order valence-corrected chi connectivity index (χ3v) is 5.43. The summed E-state index contributed by atoms with van der Waals surface area (Å²) in [5.41, 5.74) is -0.447. The lowest BCUT2D eigenvalue weighted by Gasteiger charge is -2.33. The minimum atomic E-state index is -0.447. The number of likely N-dealkylation sites (N-methyl/N-ethyl adjacent to an activating group) is 1. The maximum absolute atomic E-state index is 12.3. The molecule has 2 aliphatic rings. The van der Waals surface area contributed by atoms with E-state index in [9.17, 15) is 4.79 Å². The second-order valence-corrected chi connectivity index (χ2v) is 8.96. The molecule has 2 rings (SSSR count). The van der Waals surface area contributed by atoms with Crippen molar-refractivity contribution >= 4 is 12.1 Å². The summed E-state index contributed by atoms with van der Waals surface area (Å²) >= 11 is 0. The van der Waals surface area contributed by atoms with Crippen LogP contribution in [0.3, 0.4) is 0 Å². The predicted molar refractivity (Wildman–Crippen MR) is 115 cm³/mol. The first-order chi connectivity index (χ1) is 13.3. The van der Waals surface area contributed by atoms with Crippen LogP contribution in [0.5, 0.6) is 0 Å². The number of guanidine groups is 1. The van der Waals surface area contributed by atoms with Gasteiger partial charge in [0.2, 0.25) is 0 Å². The van der Waals surface area contributed by atoms with Crippen LogP contribution in [0.4, 0.5) is 4.79 Å². The first-order valence-corrected chi connectivity index (χ1v) is 11.1. The van der Waals surface area contributed by atoms with Gasteiger partial charge in [0, 0.05) is 38.8 Å². The summed E-state index contributed by atoms with van der Waals surface area (Å²) in [5.74, 6) is 1.27. The number of aliphatic imine (C=N–C) groups is 1. The zero-order chi connectivity index (χ0) is 20.6. The third-order valence-electron chi connectivity index (χ3n) is 5.43. The molecular weight excluding hydrogens is 354 g/mol. The lowest BCUT2D eigenvalue weighted by Crippen LogP contribution is -2.46. The summed E-state index contributed by atoms with van der Waals surface area (Å²) in [6, 6.07) is 0.603. The standard InChI is InChI=1S/C21H41N5O2/c1-6-22-19(24-15-18-11-9-12-25(18)7-2)23-14-17-10-8-13-26(16-17)20(27)28-21(3,4)5/h17-18H,6-16H2,1-5H3,(H2,22,23,24). The molecular formula is C21H41N5O2. The summed E-state index contributed by atoms with van der Waals surface area (Å²) in [6.07, 6.45) is 4.46. The highest BCUT2D eigenvalue weighted by molar-refractivity contribution is 5.79. The van der Waals surface area contributed by atoms with Crippen LogP contribution < -0.4 is 10.6 Å². The van der Waals surface area contributed by atoms with Crippen molar-refractivity contribution < 1.29 is 9.53 Å². The number of carbonyl (C=O) groups excluding carboxylic acids is 1. The normalized spacial score (nSPS) is 24.3. The van der Waals surface area contributed by atoms with Gasteiger partial charge in [0.15, 0.2) is 5.96 Å². The Bertz CT molecular complexity index is 517. The second kappa shape index (κ2) is 10.9. The third kappa shape index (κ3) is 7.49. The van der Waals surface area contributed by atoms with Gasteiger partial charge < -0.3 is 20.3 Å². The molecule has 2 saturated heterocycles. The molecule has 2 atom stereocenters. The minimum Gasteiger partial charge on any atom is -0.444 e. The molecule has 0 radical (unpaired) electrons. The van der Waals surface area contributed by atoms with Gasteiger partial charge in [-0.1, -0.05) is 6.92 Å². The van der Waals surface area contributed by atoms with Crippen LogP contribution in [-0.2, 0) is 4.74 Å². The Morgan fingerprint density at radius 1 is 1.14 bits per heavy atom. The Hall–Kier alpha value is -1.50. The van der Waals surface area contributed by atoms with Gasteiger partial charge in [-0.15, -0.1) is 0 Å². The van der Waals surface area contributed by atoms with Crippen LogP contribution in [0.25, 0.3) is 0 Å². The van der Waals surface area contributed by atoms with Crippen molar-refractivity contribution in [1.82, 2.24) is 20.4 Å². The van der Waals surface area contributed by atoms with Gasteiger partial charge in [-0.25, -0.2) is 4.79 Å². The Balaban J connectivity index is 1.84. The lowest BCUT2D eigenvalue weighted by molar-refractivity contribution is 0.0170. The molecule has 2 N–H and O–H groups in total. The molecule has 0 spiro atoms. The van der Waals surface area contributed by atoms with Crippen molar-refractivity contribution in [3.05, 3.63) is 0 Å². The van der Waals surface area contributed by atoms with E-state index in [4.69, 9.17) is 9.73 Å². The van der Waals surface area contributed by atoms with Crippen molar-refractivity contribution in [2.24, 2.45) is 10.9 Å². The molecule has 0 bridgehead atoms. The van der Waals surface area contributed by atoms with Crippen molar-refractivity contribution in [3.8, 4) is 0 Å². The van der Waals surface area contributed by atoms with Crippen LogP contribution in [0.1, 0.15) is 60.3 Å². The van der Waals surface area contributed by atoms with Gasteiger partial charge in [-0.05, 0) is 72.4 Å². The molecule has 2 fully saturated rings. The summed E-state index contributed by atoms with van der Waals surface area (Å²) < 4.78 is 5.53. The summed E-state index contributed by atoms with van der Waals surface area (Å²) in [5, 5.41) is 6.88. The molecule has 0 aromatic carbocycles. The number of rotatable bonds is 6. The Morgan fingerprint density at radius 2 is 1.89 bits per heavy atom. The van der Waals surface area contributed by atoms with Gasteiger partial charge >= 0.3 is 6.09 Å². The van der Waals surface area contributed by atoms with E-state index in [1.807, 2.05) is 25.7 Å². The van der Waals surface area contributed by atoms with Crippen LogP contribution in [0.15, 0.2) is 4.99 Å². The fraction of sp³-hybridized carbons (Fsp3) is 0.905. The topological polar surface area (TPSA) is 69.2 Å². The van der Waals surface area contributed by atoms with Crippen LogP contribution in [0, 0.1) is 5.92 Å². The maximum atomic E-state index is 12.3. The van der Waals surface area contributed by atoms with Crippen molar-refractivity contribution in [2.75, 3.05) is 45.8 Å². The lowest BCUT2D eigenvalue weighted by atomic mass is 9.98. The van der Waals surface area contributed by atoms with Gasteiger partial charge in [-0.2, -0.15) is 0 Å². The number of nitrogens with zero attached hydrogens (tertiary/aromatic N) is 3. The van der Waals surface area contributed by atoms with E-state index in [-0.39, 0.29) is 6.09 Å². The van der Waals surface area contributed by atoms with Crippen molar-refractivity contribution in [1.29, 1.82) is 0 Å². The molecule has 0 aromatic heterocycles. The smallest absolute Gasteiger partial charge is 0.410 e. The second-order valence-electron chi connectivity index (χ2n) is 8.96.